The van der Waals surface area contributed by atoms with Gasteiger partial charge in [-0.2, -0.15) is 0 Å². The molecule has 0 amide bonds. The van der Waals surface area contributed by atoms with Gasteiger partial charge in [0.05, 0.1) is 0 Å². The standard InChI is InChI=1S/C16H20/c1-3-12-8-9-13-11(2)10-16(13)15-7-5-4-6-14(12)15/h4-8,11,13,16H,3,9-10H2,1-2H3. The van der Waals surface area contributed by atoms with Gasteiger partial charge in [-0.05, 0) is 53.7 Å². The van der Waals surface area contributed by atoms with E-state index in [2.05, 4.69) is 44.2 Å². The van der Waals surface area contributed by atoms with Gasteiger partial charge in [0.2, 0.25) is 0 Å². The van der Waals surface area contributed by atoms with E-state index in [0.717, 1.165) is 17.8 Å². The molecule has 0 radical (unpaired) electrons. The van der Waals surface area contributed by atoms with Crippen LogP contribution in [0.2, 0.25) is 0 Å². The summed E-state index contributed by atoms with van der Waals surface area (Å²) in [5, 5.41) is 0. The van der Waals surface area contributed by atoms with E-state index in [1.54, 1.807) is 11.1 Å². The molecule has 16 heavy (non-hydrogen) atoms. The van der Waals surface area contributed by atoms with E-state index in [4.69, 9.17) is 0 Å². The molecule has 0 aliphatic heterocycles. The second kappa shape index (κ2) is 3.76. The Morgan fingerprint density at radius 2 is 2.06 bits per heavy atom. The summed E-state index contributed by atoms with van der Waals surface area (Å²) in [7, 11) is 0. The average Bonchev–Trinajstić information content (AvgIpc) is 2.43. The zero-order valence-corrected chi connectivity index (χ0v) is 10.2. The summed E-state index contributed by atoms with van der Waals surface area (Å²) in [4.78, 5) is 0. The molecule has 0 spiro atoms. The minimum atomic E-state index is 0.839. The van der Waals surface area contributed by atoms with Crippen molar-refractivity contribution in [2.24, 2.45) is 11.8 Å². The molecule has 84 valence electrons. The maximum atomic E-state index is 2.50. The Kier molecular flexibility index (Phi) is 2.38. The third-order valence-corrected chi connectivity index (χ3v) is 4.60. The maximum Gasteiger partial charge on any atom is -0.0119 e. The predicted octanol–water partition coefficient (Wildman–Crippen LogP) is 4.62. The van der Waals surface area contributed by atoms with Crippen LogP contribution in [0.5, 0.6) is 0 Å². The third kappa shape index (κ3) is 1.36. The summed E-state index contributed by atoms with van der Waals surface area (Å²) >= 11 is 0. The molecule has 1 saturated carbocycles. The molecule has 0 nitrogen and oxygen atoms in total. The molecule has 0 bridgehead atoms. The SMILES string of the molecule is CCC1=CCC2C(C)CC2c2ccccc21. The molecule has 1 aromatic rings. The van der Waals surface area contributed by atoms with E-state index in [1.165, 1.54) is 24.8 Å². The van der Waals surface area contributed by atoms with Crippen molar-refractivity contribution in [1.29, 1.82) is 0 Å². The largest absolute Gasteiger partial charge is 0.0804 e. The Morgan fingerprint density at radius 3 is 2.81 bits per heavy atom. The van der Waals surface area contributed by atoms with Crippen LogP contribution in [0.3, 0.4) is 0 Å². The third-order valence-electron chi connectivity index (χ3n) is 4.60. The van der Waals surface area contributed by atoms with Crippen molar-refractivity contribution in [3.05, 3.63) is 41.5 Å². The molecule has 0 saturated heterocycles. The molecule has 0 aromatic heterocycles. The van der Waals surface area contributed by atoms with Crippen LogP contribution < -0.4 is 0 Å². The highest BCUT2D eigenvalue weighted by Crippen LogP contribution is 2.52. The first-order chi connectivity index (χ1) is 7.81. The van der Waals surface area contributed by atoms with Gasteiger partial charge in [-0.15, -0.1) is 0 Å². The molecule has 1 fully saturated rings. The van der Waals surface area contributed by atoms with E-state index in [0.29, 0.717) is 0 Å². The highest BCUT2D eigenvalue weighted by atomic mass is 14.4. The first kappa shape index (κ1) is 10.1. The molecular weight excluding hydrogens is 192 g/mol. The maximum absolute atomic E-state index is 2.50. The van der Waals surface area contributed by atoms with Crippen LogP contribution in [0, 0.1) is 11.8 Å². The summed E-state index contributed by atoms with van der Waals surface area (Å²) in [6.45, 7) is 4.69. The quantitative estimate of drug-likeness (QED) is 0.637. The van der Waals surface area contributed by atoms with Gasteiger partial charge in [-0.25, -0.2) is 0 Å². The van der Waals surface area contributed by atoms with Gasteiger partial charge in [-0.3, -0.25) is 0 Å². The first-order valence-corrected chi connectivity index (χ1v) is 6.59. The Hall–Kier alpha value is -1.04. The van der Waals surface area contributed by atoms with Gasteiger partial charge in [0, 0.05) is 0 Å². The molecule has 3 atom stereocenters. The van der Waals surface area contributed by atoms with Crippen LogP contribution in [-0.2, 0) is 0 Å². The Bertz CT molecular complexity index is 427. The van der Waals surface area contributed by atoms with Crippen LogP contribution in [-0.4, -0.2) is 0 Å². The van der Waals surface area contributed by atoms with E-state index in [1.807, 2.05) is 0 Å². The van der Waals surface area contributed by atoms with Gasteiger partial charge in [0.25, 0.3) is 0 Å². The Labute approximate surface area is 98.4 Å². The van der Waals surface area contributed by atoms with Gasteiger partial charge >= 0.3 is 0 Å². The monoisotopic (exact) mass is 212 g/mol. The average molecular weight is 212 g/mol. The van der Waals surface area contributed by atoms with Crippen molar-refractivity contribution in [3.8, 4) is 0 Å². The fourth-order valence-electron chi connectivity index (χ4n) is 3.54. The summed E-state index contributed by atoms with van der Waals surface area (Å²) in [5.41, 5.74) is 4.72. The van der Waals surface area contributed by atoms with Crippen molar-refractivity contribution >= 4 is 5.57 Å². The number of rotatable bonds is 1. The molecular formula is C16H20. The Balaban J connectivity index is 2.09. The van der Waals surface area contributed by atoms with Crippen molar-refractivity contribution in [2.75, 3.05) is 0 Å². The molecule has 2 aliphatic carbocycles. The van der Waals surface area contributed by atoms with Gasteiger partial charge in [0.15, 0.2) is 0 Å². The highest BCUT2D eigenvalue weighted by molar-refractivity contribution is 5.70. The molecule has 0 N–H and O–H groups in total. The van der Waals surface area contributed by atoms with Crippen molar-refractivity contribution in [2.45, 2.75) is 39.0 Å². The molecule has 1 aromatic carbocycles. The van der Waals surface area contributed by atoms with Gasteiger partial charge < -0.3 is 0 Å². The van der Waals surface area contributed by atoms with Crippen molar-refractivity contribution < 1.29 is 0 Å². The lowest BCUT2D eigenvalue weighted by Crippen LogP contribution is -2.32. The van der Waals surface area contributed by atoms with E-state index >= 15 is 0 Å². The number of hydrogen-bond acceptors (Lipinski definition) is 0. The van der Waals surface area contributed by atoms with E-state index in [-0.39, 0.29) is 0 Å². The lowest BCUT2D eigenvalue weighted by Gasteiger charge is -2.43. The highest BCUT2D eigenvalue weighted by Gasteiger charge is 2.40. The molecule has 3 unspecified atom stereocenters. The predicted molar refractivity (Wildman–Crippen MR) is 69.3 cm³/mol. The summed E-state index contributed by atoms with van der Waals surface area (Å²) in [5.74, 6) is 2.67. The number of hydrogen-bond donors (Lipinski definition) is 0. The van der Waals surface area contributed by atoms with Crippen LogP contribution in [0.4, 0.5) is 0 Å². The topological polar surface area (TPSA) is 0 Å². The minimum Gasteiger partial charge on any atom is -0.0804 e. The first-order valence-electron chi connectivity index (χ1n) is 6.59. The van der Waals surface area contributed by atoms with Crippen molar-refractivity contribution in [1.82, 2.24) is 0 Å². The zero-order chi connectivity index (χ0) is 11.1. The fourth-order valence-corrected chi connectivity index (χ4v) is 3.54. The Morgan fingerprint density at radius 1 is 1.25 bits per heavy atom. The summed E-state index contributed by atoms with van der Waals surface area (Å²) in [6.07, 6.45) is 6.36. The summed E-state index contributed by atoms with van der Waals surface area (Å²) in [6, 6.07) is 9.06. The number of fused-ring (bicyclic) bond motifs is 3. The van der Waals surface area contributed by atoms with E-state index < -0.39 is 0 Å². The van der Waals surface area contributed by atoms with Gasteiger partial charge in [0.1, 0.15) is 0 Å². The smallest absolute Gasteiger partial charge is 0.0119 e. The number of benzene rings is 1. The normalized spacial score (nSPS) is 31.9. The van der Waals surface area contributed by atoms with Crippen LogP contribution in [0.25, 0.3) is 5.57 Å². The van der Waals surface area contributed by atoms with Crippen LogP contribution >= 0.6 is 0 Å². The van der Waals surface area contributed by atoms with Crippen LogP contribution in [0.1, 0.15) is 50.2 Å². The van der Waals surface area contributed by atoms with Gasteiger partial charge in [-0.1, -0.05) is 44.2 Å². The fraction of sp³-hybridized carbons (Fsp3) is 0.500. The molecule has 2 aliphatic rings. The number of allylic oxidation sites excluding steroid dienone is 2. The van der Waals surface area contributed by atoms with Crippen molar-refractivity contribution in [3.63, 3.8) is 0 Å². The second-order valence-corrected chi connectivity index (χ2v) is 5.39. The molecule has 0 heterocycles. The molecule has 3 rings (SSSR count). The lowest BCUT2D eigenvalue weighted by molar-refractivity contribution is 0.153. The van der Waals surface area contributed by atoms with Crippen LogP contribution in [0.15, 0.2) is 30.3 Å². The summed E-state index contributed by atoms with van der Waals surface area (Å²) < 4.78 is 0. The minimum absolute atomic E-state index is 0.839. The lowest BCUT2D eigenvalue weighted by atomic mass is 9.62. The van der Waals surface area contributed by atoms with E-state index in [9.17, 15) is 0 Å². The zero-order valence-electron chi connectivity index (χ0n) is 10.2. The molecule has 0 heteroatoms. The second-order valence-electron chi connectivity index (χ2n) is 5.39.